The maximum atomic E-state index is 13.6. The molecule has 1 N–H and O–H groups in total. The number of nitrogens with zero attached hydrogens (tertiary/aromatic N) is 1. The number of hydrogen-bond acceptors (Lipinski definition) is 2. The van der Waals surface area contributed by atoms with Gasteiger partial charge in [-0.15, -0.1) is 0 Å². The Labute approximate surface area is 119 Å². The Morgan fingerprint density at radius 2 is 2.16 bits per heavy atom. The van der Waals surface area contributed by atoms with E-state index < -0.39 is 0 Å². The fourth-order valence-corrected chi connectivity index (χ4v) is 3.40. The highest BCUT2D eigenvalue weighted by Crippen LogP contribution is 2.35. The number of benzene rings is 1. The van der Waals surface area contributed by atoms with Crippen molar-refractivity contribution in [3.05, 3.63) is 34.6 Å². The van der Waals surface area contributed by atoms with E-state index in [4.69, 9.17) is 11.6 Å². The normalized spacial score (nSPS) is 25.3. The molecule has 0 spiro atoms. The third-order valence-corrected chi connectivity index (χ3v) is 4.17. The Bertz CT molecular complexity index is 404. The van der Waals surface area contributed by atoms with Crippen molar-refractivity contribution >= 4 is 11.6 Å². The van der Waals surface area contributed by atoms with Crippen molar-refractivity contribution in [1.82, 2.24) is 10.2 Å². The molecule has 1 heterocycles. The SMILES string of the molecule is CNCC1CCCCN(C)C1c1cc(F)cc(Cl)c1. The van der Waals surface area contributed by atoms with Gasteiger partial charge in [-0.2, -0.15) is 0 Å². The molecular formula is C15H22ClFN2. The molecule has 0 aliphatic carbocycles. The van der Waals surface area contributed by atoms with Crippen LogP contribution >= 0.6 is 11.6 Å². The lowest BCUT2D eigenvalue weighted by Crippen LogP contribution is -2.34. The highest BCUT2D eigenvalue weighted by Gasteiger charge is 2.29. The van der Waals surface area contributed by atoms with Crippen molar-refractivity contribution in [2.24, 2.45) is 5.92 Å². The number of hydrogen-bond donors (Lipinski definition) is 1. The van der Waals surface area contributed by atoms with Crippen LogP contribution in [0, 0.1) is 11.7 Å². The fourth-order valence-electron chi connectivity index (χ4n) is 3.17. The van der Waals surface area contributed by atoms with Crippen LogP contribution in [0.1, 0.15) is 30.9 Å². The molecule has 1 aliphatic heterocycles. The van der Waals surface area contributed by atoms with E-state index in [1.807, 2.05) is 13.1 Å². The summed E-state index contributed by atoms with van der Waals surface area (Å²) in [4.78, 5) is 2.33. The van der Waals surface area contributed by atoms with Crippen LogP contribution in [0.2, 0.25) is 5.02 Å². The zero-order chi connectivity index (χ0) is 13.8. The maximum absolute atomic E-state index is 13.6. The Morgan fingerprint density at radius 1 is 1.37 bits per heavy atom. The van der Waals surface area contributed by atoms with E-state index in [2.05, 4.69) is 17.3 Å². The molecule has 0 radical (unpaired) electrons. The number of likely N-dealkylation sites (tertiary alicyclic amines) is 1. The predicted octanol–water partition coefficient (Wildman–Crippen LogP) is 3.47. The van der Waals surface area contributed by atoms with E-state index in [0.717, 1.165) is 18.7 Å². The van der Waals surface area contributed by atoms with Crippen molar-refractivity contribution in [3.8, 4) is 0 Å². The first-order chi connectivity index (χ1) is 9.11. The van der Waals surface area contributed by atoms with Crippen molar-refractivity contribution in [1.29, 1.82) is 0 Å². The van der Waals surface area contributed by atoms with Gasteiger partial charge in [0.15, 0.2) is 0 Å². The summed E-state index contributed by atoms with van der Waals surface area (Å²) in [6.07, 6.45) is 3.61. The average molecular weight is 285 g/mol. The van der Waals surface area contributed by atoms with Crippen molar-refractivity contribution in [3.63, 3.8) is 0 Å². The van der Waals surface area contributed by atoms with Crippen molar-refractivity contribution in [2.75, 3.05) is 27.2 Å². The number of halogens is 2. The monoisotopic (exact) mass is 284 g/mol. The van der Waals surface area contributed by atoms with E-state index in [9.17, 15) is 4.39 Å². The minimum Gasteiger partial charge on any atom is -0.319 e. The van der Waals surface area contributed by atoms with Crippen LogP contribution in [0.15, 0.2) is 18.2 Å². The van der Waals surface area contributed by atoms with Gasteiger partial charge >= 0.3 is 0 Å². The molecule has 0 amide bonds. The molecule has 2 atom stereocenters. The van der Waals surface area contributed by atoms with Gasteiger partial charge in [-0.25, -0.2) is 4.39 Å². The van der Waals surface area contributed by atoms with E-state index in [1.165, 1.54) is 25.3 Å². The second kappa shape index (κ2) is 6.69. The average Bonchev–Trinajstić information content (AvgIpc) is 2.50. The molecule has 1 fully saturated rings. The largest absolute Gasteiger partial charge is 0.319 e. The van der Waals surface area contributed by atoms with Crippen LogP contribution in [-0.2, 0) is 0 Å². The minimum absolute atomic E-state index is 0.239. The molecule has 2 rings (SSSR count). The smallest absolute Gasteiger partial charge is 0.125 e. The highest BCUT2D eigenvalue weighted by molar-refractivity contribution is 6.30. The second-order valence-electron chi connectivity index (χ2n) is 5.44. The van der Waals surface area contributed by atoms with Gasteiger partial charge in [-0.1, -0.05) is 18.0 Å². The Kier molecular flexibility index (Phi) is 5.20. The molecule has 2 unspecified atom stereocenters. The molecule has 0 aromatic heterocycles. The van der Waals surface area contributed by atoms with Crippen molar-refractivity contribution < 1.29 is 4.39 Å². The van der Waals surface area contributed by atoms with E-state index in [1.54, 1.807) is 6.07 Å². The van der Waals surface area contributed by atoms with Gasteiger partial charge in [0.2, 0.25) is 0 Å². The van der Waals surface area contributed by atoms with Crippen molar-refractivity contribution in [2.45, 2.75) is 25.3 Å². The number of rotatable bonds is 3. The van der Waals surface area contributed by atoms with E-state index in [0.29, 0.717) is 10.9 Å². The fraction of sp³-hybridized carbons (Fsp3) is 0.600. The summed E-state index contributed by atoms with van der Waals surface area (Å²) in [7, 11) is 4.10. The second-order valence-corrected chi connectivity index (χ2v) is 5.88. The van der Waals surface area contributed by atoms with Gasteiger partial charge in [0.25, 0.3) is 0 Å². The van der Waals surface area contributed by atoms with Crippen LogP contribution in [0.5, 0.6) is 0 Å². The summed E-state index contributed by atoms with van der Waals surface area (Å²) in [5, 5.41) is 3.74. The molecule has 1 aromatic rings. The highest BCUT2D eigenvalue weighted by atomic mass is 35.5. The quantitative estimate of drug-likeness (QED) is 0.914. The summed E-state index contributed by atoms with van der Waals surface area (Å²) in [6.45, 7) is 2.00. The van der Waals surface area contributed by atoms with Gasteiger partial charge in [0.1, 0.15) is 5.82 Å². The zero-order valence-corrected chi connectivity index (χ0v) is 12.4. The molecular weight excluding hydrogens is 263 g/mol. The topological polar surface area (TPSA) is 15.3 Å². The molecule has 0 saturated carbocycles. The Balaban J connectivity index is 2.33. The van der Waals surface area contributed by atoms with E-state index in [-0.39, 0.29) is 11.9 Å². The maximum Gasteiger partial charge on any atom is 0.125 e. The molecule has 0 bridgehead atoms. The third kappa shape index (κ3) is 3.68. The van der Waals surface area contributed by atoms with Crippen LogP contribution < -0.4 is 5.32 Å². The lowest BCUT2D eigenvalue weighted by atomic mass is 9.89. The van der Waals surface area contributed by atoms with Crippen LogP contribution in [0.3, 0.4) is 0 Å². The summed E-state index contributed by atoms with van der Waals surface area (Å²) < 4.78 is 13.6. The third-order valence-electron chi connectivity index (χ3n) is 3.95. The Hall–Kier alpha value is -0.640. The van der Waals surface area contributed by atoms with Crippen LogP contribution in [0.25, 0.3) is 0 Å². The molecule has 106 valence electrons. The first kappa shape index (κ1) is 14.8. The van der Waals surface area contributed by atoms with Crippen LogP contribution in [-0.4, -0.2) is 32.1 Å². The van der Waals surface area contributed by atoms with Gasteiger partial charge in [0, 0.05) is 11.1 Å². The van der Waals surface area contributed by atoms with E-state index >= 15 is 0 Å². The van der Waals surface area contributed by atoms with Crippen LogP contribution in [0.4, 0.5) is 4.39 Å². The predicted molar refractivity (Wildman–Crippen MR) is 78.0 cm³/mol. The molecule has 1 aliphatic rings. The molecule has 4 heteroatoms. The lowest BCUT2D eigenvalue weighted by molar-refractivity contribution is 0.190. The molecule has 2 nitrogen and oxygen atoms in total. The summed E-state index contributed by atoms with van der Waals surface area (Å²) in [5.41, 5.74) is 0.995. The molecule has 1 saturated heterocycles. The van der Waals surface area contributed by atoms with Gasteiger partial charge in [-0.3, -0.25) is 4.90 Å². The van der Waals surface area contributed by atoms with Gasteiger partial charge in [-0.05, 0) is 69.7 Å². The summed E-state index contributed by atoms with van der Waals surface area (Å²) in [5.74, 6) is 0.249. The first-order valence-corrected chi connectivity index (χ1v) is 7.30. The minimum atomic E-state index is -0.247. The standard InChI is InChI=1S/C15H22ClFN2/c1-18-10-11-5-3-4-6-19(2)15(11)12-7-13(16)9-14(17)8-12/h7-9,11,15,18H,3-6,10H2,1-2H3. The summed E-state index contributed by atoms with van der Waals surface area (Å²) >= 11 is 6.01. The zero-order valence-electron chi connectivity index (χ0n) is 11.6. The Morgan fingerprint density at radius 3 is 2.84 bits per heavy atom. The lowest BCUT2D eigenvalue weighted by Gasteiger charge is -2.33. The summed E-state index contributed by atoms with van der Waals surface area (Å²) in [6, 6.07) is 5.14. The molecule has 19 heavy (non-hydrogen) atoms. The first-order valence-electron chi connectivity index (χ1n) is 6.92. The molecule has 1 aromatic carbocycles. The van der Waals surface area contributed by atoms with Gasteiger partial charge in [0.05, 0.1) is 0 Å². The van der Waals surface area contributed by atoms with Gasteiger partial charge < -0.3 is 5.32 Å². The number of nitrogens with one attached hydrogen (secondary N) is 1.